The Hall–Kier alpha value is -2.33. The van der Waals surface area contributed by atoms with Crippen LogP contribution in [0.25, 0.3) is 10.9 Å². The summed E-state index contributed by atoms with van der Waals surface area (Å²) in [5.74, 6) is 0. The van der Waals surface area contributed by atoms with Crippen molar-refractivity contribution in [2.45, 2.75) is 44.3 Å². The summed E-state index contributed by atoms with van der Waals surface area (Å²) in [5, 5.41) is 15.6. The molecule has 0 aliphatic heterocycles. The first-order valence-corrected chi connectivity index (χ1v) is 8.84. The Balaban J connectivity index is 1.26. The van der Waals surface area contributed by atoms with Crippen molar-refractivity contribution in [1.82, 2.24) is 15.5 Å². The maximum atomic E-state index is 4.08. The number of H-pyrrole nitrogens is 1. The zero-order valence-electron chi connectivity index (χ0n) is 13.8. The van der Waals surface area contributed by atoms with Gasteiger partial charge in [0, 0.05) is 29.7 Å². The number of aromatic amines is 1. The van der Waals surface area contributed by atoms with Crippen molar-refractivity contribution >= 4 is 16.6 Å². The summed E-state index contributed by atoms with van der Waals surface area (Å²) in [5.41, 5.74) is 3.66. The van der Waals surface area contributed by atoms with Crippen LogP contribution in [0.4, 0.5) is 5.69 Å². The smallest absolute Gasteiger partial charge is 0.0651 e. The van der Waals surface area contributed by atoms with Gasteiger partial charge >= 0.3 is 0 Å². The molecule has 1 aliphatic carbocycles. The maximum absolute atomic E-state index is 4.08. The number of hydrogen-bond acceptors (Lipinski definition) is 3. The van der Waals surface area contributed by atoms with E-state index in [9.17, 15) is 0 Å². The number of nitrogens with one attached hydrogen (secondary N) is 3. The van der Waals surface area contributed by atoms with Gasteiger partial charge in [0.05, 0.1) is 11.7 Å². The molecule has 0 atom stereocenters. The molecule has 1 aromatic heterocycles. The predicted octanol–water partition coefficient (Wildman–Crippen LogP) is 4.08. The molecular weight excluding hydrogens is 296 g/mol. The van der Waals surface area contributed by atoms with Gasteiger partial charge in [-0.2, -0.15) is 5.10 Å². The number of anilines is 1. The lowest BCUT2D eigenvalue weighted by Gasteiger charge is -2.30. The van der Waals surface area contributed by atoms with E-state index in [1.165, 1.54) is 42.3 Å². The van der Waals surface area contributed by atoms with Crippen LogP contribution in [0.1, 0.15) is 31.2 Å². The zero-order chi connectivity index (χ0) is 16.2. The molecule has 1 saturated carbocycles. The second-order valence-corrected chi connectivity index (χ2v) is 6.73. The Bertz CT molecular complexity index is 772. The quantitative estimate of drug-likeness (QED) is 0.664. The summed E-state index contributed by atoms with van der Waals surface area (Å²) in [6, 6.07) is 18.3. The Morgan fingerprint density at radius 3 is 2.58 bits per heavy atom. The minimum absolute atomic E-state index is 0.573. The van der Waals surface area contributed by atoms with Gasteiger partial charge in [0.1, 0.15) is 0 Å². The van der Waals surface area contributed by atoms with Crippen LogP contribution in [0.3, 0.4) is 0 Å². The normalized spacial score (nSPS) is 21.0. The molecule has 0 spiro atoms. The third-order valence-electron chi connectivity index (χ3n) is 4.98. The SMILES string of the molecule is c1ccc(CN[C@H]2CC[C@@H](Nc3ccc4[nH]ncc4c3)CC2)cc1. The van der Waals surface area contributed by atoms with Gasteiger partial charge in [0.15, 0.2) is 0 Å². The lowest BCUT2D eigenvalue weighted by molar-refractivity contribution is 0.353. The van der Waals surface area contributed by atoms with E-state index in [0.29, 0.717) is 12.1 Å². The first-order valence-electron chi connectivity index (χ1n) is 8.84. The number of hydrogen-bond donors (Lipinski definition) is 3. The molecule has 1 heterocycles. The van der Waals surface area contributed by atoms with Crippen molar-refractivity contribution in [2.75, 3.05) is 5.32 Å². The third-order valence-corrected chi connectivity index (χ3v) is 4.98. The number of nitrogens with zero attached hydrogens (tertiary/aromatic N) is 1. The maximum Gasteiger partial charge on any atom is 0.0651 e. The fraction of sp³-hybridized carbons (Fsp3) is 0.350. The molecule has 4 nitrogen and oxygen atoms in total. The molecule has 124 valence electrons. The highest BCUT2D eigenvalue weighted by molar-refractivity contribution is 5.81. The number of benzene rings is 2. The molecule has 0 amide bonds. The highest BCUT2D eigenvalue weighted by Crippen LogP contribution is 2.24. The van der Waals surface area contributed by atoms with Gasteiger partial charge in [-0.05, 0) is 49.4 Å². The third kappa shape index (κ3) is 3.60. The van der Waals surface area contributed by atoms with Crippen LogP contribution >= 0.6 is 0 Å². The minimum atomic E-state index is 0.573. The highest BCUT2D eigenvalue weighted by Gasteiger charge is 2.20. The lowest BCUT2D eigenvalue weighted by atomic mass is 9.91. The molecule has 3 N–H and O–H groups in total. The second kappa shape index (κ2) is 7.05. The second-order valence-electron chi connectivity index (χ2n) is 6.73. The lowest BCUT2D eigenvalue weighted by Crippen LogP contribution is -2.36. The Morgan fingerprint density at radius 1 is 0.958 bits per heavy atom. The van der Waals surface area contributed by atoms with Gasteiger partial charge in [-0.3, -0.25) is 5.10 Å². The van der Waals surface area contributed by atoms with Crippen molar-refractivity contribution in [3.8, 4) is 0 Å². The van der Waals surface area contributed by atoms with Crippen molar-refractivity contribution in [3.05, 3.63) is 60.3 Å². The Labute approximate surface area is 142 Å². The van der Waals surface area contributed by atoms with Crippen LogP contribution < -0.4 is 10.6 Å². The largest absolute Gasteiger partial charge is 0.382 e. The first-order chi connectivity index (χ1) is 11.9. The number of fused-ring (bicyclic) bond motifs is 1. The van der Waals surface area contributed by atoms with Crippen molar-refractivity contribution < 1.29 is 0 Å². The summed E-state index contributed by atoms with van der Waals surface area (Å²) in [6.45, 7) is 0.973. The molecule has 0 bridgehead atoms. The molecule has 3 aromatic rings. The molecule has 24 heavy (non-hydrogen) atoms. The van der Waals surface area contributed by atoms with E-state index < -0.39 is 0 Å². The van der Waals surface area contributed by atoms with Crippen LogP contribution in [0, 0.1) is 0 Å². The fourth-order valence-electron chi connectivity index (χ4n) is 3.57. The molecular formula is C20H24N4. The Morgan fingerprint density at radius 2 is 1.75 bits per heavy atom. The van der Waals surface area contributed by atoms with E-state index in [4.69, 9.17) is 0 Å². The Kier molecular flexibility index (Phi) is 4.47. The summed E-state index contributed by atoms with van der Waals surface area (Å²) >= 11 is 0. The average Bonchev–Trinajstić information content (AvgIpc) is 3.10. The van der Waals surface area contributed by atoms with Gasteiger partial charge in [-0.25, -0.2) is 0 Å². The molecule has 0 saturated heterocycles. The van der Waals surface area contributed by atoms with E-state index in [2.05, 4.69) is 69.4 Å². The summed E-state index contributed by atoms with van der Waals surface area (Å²) in [7, 11) is 0. The molecule has 0 radical (unpaired) electrons. The molecule has 4 rings (SSSR count). The van der Waals surface area contributed by atoms with Crippen LogP contribution in [-0.4, -0.2) is 22.3 Å². The van der Waals surface area contributed by atoms with Crippen molar-refractivity contribution in [2.24, 2.45) is 0 Å². The van der Waals surface area contributed by atoms with Crippen LogP contribution in [0.15, 0.2) is 54.7 Å². The summed E-state index contributed by atoms with van der Waals surface area (Å²) in [6.07, 6.45) is 6.79. The topological polar surface area (TPSA) is 52.7 Å². The van der Waals surface area contributed by atoms with E-state index in [1.807, 2.05) is 6.20 Å². The average molecular weight is 320 g/mol. The van der Waals surface area contributed by atoms with E-state index in [0.717, 1.165) is 12.1 Å². The van der Waals surface area contributed by atoms with Crippen LogP contribution in [0.2, 0.25) is 0 Å². The molecule has 1 aliphatic rings. The number of rotatable bonds is 5. The van der Waals surface area contributed by atoms with Crippen molar-refractivity contribution in [3.63, 3.8) is 0 Å². The fourth-order valence-corrected chi connectivity index (χ4v) is 3.57. The van der Waals surface area contributed by atoms with Gasteiger partial charge in [0.2, 0.25) is 0 Å². The van der Waals surface area contributed by atoms with Gasteiger partial charge in [0.25, 0.3) is 0 Å². The molecule has 0 unspecified atom stereocenters. The monoisotopic (exact) mass is 320 g/mol. The first kappa shape index (κ1) is 15.2. The summed E-state index contributed by atoms with van der Waals surface area (Å²) in [4.78, 5) is 0. The minimum Gasteiger partial charge on any atom is -0.382 e. The van der Waals surface area contributed by atoms with Crippen LogP contribution in [0.5, 0.6) is 0 Å². The zero-order valence-corrected chi connectivity index (χ0v) is 13.8. The number of aromatic nitrogens is 2. The molecule has 1 fully saturated rings. The molecule has 4 heteroatoms. The van der Waals surface area contributed by atoms with Gasteiger partial charge in [-0.1, -0.05) is 30.3 Å². The van der Waals surface area contributed by atoms with E-state index in [1.54, 1.807) is 0 Å². The highest BCUT2D eigenvalue weighted by atomic mass is 15.1. The molecule has 2 aromatic carbocycles. The van der Waals surface area contributed by atoms with Crippen molar-refractivity contribution in [1.29, 1.82) is 0 Å². The van der Waals surface area contributed by atoms with E-state index in [-0.39, 0.29) is 0 Å². The standard InChI is InChI=1S/C20H24N4/c1-2-4-15(5-3-1)13-21-17-6-8-18(9-7-17)23-19-10-11-20-16(12-19)14-22-24-20/h1-5,10-12,14,17-18,21,23H,6-9,13H2,(H,22,24)/t17-,18+. The predicted molar refractivity (Wildman–Crippen MR) is 99.0 cm³/mol. The summed E-state index contributed by atoms with van der Waals surface area (Å²) < 4.78 is 0. The van der Waals surface area contributed by atoms with Gasteiger partial charge in [-0.15, -0.1) is 0 Å². The van der Waals surface area contributed by atoms with Crippen LogP contribution in [-0.2, 0) is 6.54 Å². The van der Waals surface area contributed by atoms with E-state index >= 15 is 0 Å². The van der Waals surface area contributed by atoms with Gasteiger partial charge < -0.3 is 10.6 Å².